The summed E-state index contributed by atoms with van der Waals surface area (Å²) in [4.78, 5) is 31.3. The molecule has 2 aromatic carbocycles. The Kier molecular flexibility index (Phi) is 487. The number of carbonyl (C=O) groups excluding carboxylic acids is 1. The molecule has 1 amide bonds. The zero-order valence-electron chi connectivity index (χ0n) is 62.2. The van der Waals surface area contributed by atoms with Crippen LogP contribution < -0.4 is 62.0 Å². The van der Waals surface area contributed by atoms with Gasteiger partial charge in [-0.2, -0.15) is 9.37 Å². The van der Waals surface area contributed by atoms with Crippen molar-refractivity contribution in [2.75, 3.05) is 10.6 Å². The van der Waals surface area contributed by atoms with Gasteiger partial charge in [0.1, 0.15) is 5.69 Å². The van der Waals surface area contributed by atoms with Gasteiger partial charge in [-0.1, -0.05) is 25.1 Å². The standard InChI is InChI=1S/C23H21FN6O3.43K.H/c1-4-21(31)26-18-11-25-23(27-17-10-20(30(32)33)16(24)9-13(17)2)28-22(18)29-12-14(3)15-7-5-6-8-19(15)29;;;;;;;;;;;;;;;;;;;;;;;;;;;;;;;;;;;;;;;;;;;;/h5-12H,4H2,1-3H3,(H,26,31)(H,25,27,28);;;;;;;;;;;;;;;;;;;;;;;;;;;;;;;;;;;;;;;;;;;;/q;;;;;;;;;;;;;;;;;;;;;;;;;;;;;;;;;;;;;;;;;;;+1;-1. The van der Waals surface area contributed by atoms with Crippen molar-refractivity contribution in [3.8, 4) is 5.82 Å². The molecule has 2 heterocycles. The van der Waals surface area contributed by atoms with Crippen LogP contribution in [0.2, 0.25) is 0 Å². The van der Waals surface area contributed by atoms with Gasteiger partial charge in [0.25, 0.3) is 0 Å². The normalized spacial score (nSPS) is 6.95. The van der Waals surface area contributed by atoms with Gasteiger partial charge in [0, 0.05) is 24.1 Å². The van der Waals surface area contributed by atoms with Crippen molar-refractivity contribution in [1.82, 2.24) is 14.5 Å². The van der Waals surface area contributed by atoms with Crippen LogP contribution in [0.5, 0.6) is 0 Å². The Morgan fingerprint density at radius 3 is 1.21 bits per heavy atom. The number of aryl methyl sites for hydroxylation is 2. The second kappa shape index (κ2) is 198. The molecule has 4 aromatic rings. The predicted molar refractivity (Wildman–Crippen MR) is 366 cm³/mol. The SMILES string of the molecule is CCC(=O)Nc1cnc(Nc2cc([N+](=O)[O-])c(F)cc2C)nc1-n1cc(C)c2ccccc21.[H-].[K+].[K][K].[K][K].[K][K].[K][K].[K][K].[K][K].[K][K].[K][K].[K][K].[K][K].[K][K].[K][K].[K][K].[K][K].[K][K].[K][K].[K][K].[K][K].[K][K].[K][K].[K][K]. The van der Waals surface area contributed by atoms with E-state index in [0.717, 1.165) is 28.6 Å². The Hall–Kier alpha value is 66.0. The van der Waals surface area contributed by atoms with Gasteiger partial charge in [0.2, 0.25) is 17.7 Å². The molecule has 0 radical (unpaired) electrons. The zero-order valence-corrected chi connectivity index (χ0v) is 196. The van der Waals surface area contributed by atoms with Gasteiger partial charge >= 0.3 is 1380 Å². The number of anilines is 3. The predicted octanol–water partition coefficient (Wildman–Crippen LogP) is -13.7. The Morgan fingerprint density at radius 2 is 0.895 bits per heavy atom. The number of nitrogens with zero attached hydrogens (tertiary/aromatic N) is 4. The summed E-state index contributed by atoms with van der Waals surface area (Å²) in [6, 6.07) is 9.97. The molecule has 212 valence electrons. The van der Waals surface area contributed by atoms with Crippen molar-refractivity contribution < 1.29 is 66.9 Å². The molecule has 4 rings (SSSR count). The minimum atomic E-state index is -0.920. The number of nitrogens with one attached hydrogen (secondary N) is 2. The molecule has 2 N–H and O–H groups in total. The number of hydrogen-bond donors (Lipinski definition) is 2. The summed E-state index contributed by atoms with van der Waals surface area (Å²) in [5.74, 6) is -0.554. The van der Waals surface area contributed by atoms with E-state index in [1.54, 1.807) is 13.8 Å². The van der Waals surface area contributed by atoms with Crippen LogP contribution in [0.15, 0.2) is 48.8 Å². The van der Waals surface area contributed by atoms with Crippen LogP contribution in [0, 0.1) is 29.8 Å². The van der Waals surface area contributed by atoms with Gasteiger partial charge in [-0.25, -0.2) is 4.98 Å². The molecule has 0 aliphatic rings. The summed E-state index contributed by atoms with van der Waals surface area (Å²) < 4.78 is 15.8. The third kappa shape index (κ3) is 146. The summed E-state index contributed by atoms with van der Waals surface area (Å²) in [5.41, 5.74) is 2.43. The Bertz CT molecular complexity index is 1480. The molecular formula is C23H22FK43N6O3. The quantitative estimate of drug-likeness (QED) is 0.113. The average Bonchev–Trinajstić information content (AvgIpc) is 3.89. The molecule has 0 aliphatic heterocycles. The molecule has 53 heteroatoms. The van der Waals surface area contributed by atoms with Gasteiger partial charge < -0.3 is 12.1 Å². The van der Waals surface area contributed by atoms with Crippen LogP contribution in [-0.2, 0) is 4.79 Å². The number of carbonyl (C=O) groups is 1. The van der Waals surface area contributed by atoms with Crippen LogP contribution in [-0.4, -0.2) is 1350 Å². The molecule has 0 spiro atoms. The van der Waals surface area contributed by atoms with E-state index >= 15 is 0 Å². The fourth-order valence-corrected chi connectivity index (χ4v) is 3.52. The summed E-state index contributed by atoms with van der Waals surface area (Å²) in [6.07, 6.45) is 3.66. The monoisotopic (exact) mass is 2120 g/mol. The van der Waals surface area contributed by atoms with Gasteiger partial charge in [0.05, 0.1) is 22.3 Å². The second-order valence-corrected chi connectivity index (χ2v) is 7.53. The number of nitro benzene ring substituents is 1. The first-order valence-corrected chi connectivity index (χ1v) is 367. The molecule has 0 saturated carbocycles. The van der Waals surface area contributed by atoms with E-state index in [4.69, 9.17) is 0 Å². The van der Waals surface area contributed by atoms with Crippen LogP contribution >= 0.6 is 0 Å². The van der Waals surface area contributed by atoms with Gasteiger partial charge in [-0.05, 0) is 37.1 Å². The van der Waals surface area contributed by atoms with E-state index in [2.05, 4.69) is 20.6 Å². The molecule has 0 saturated heterocycles. The molecule has 0 unspecified atom stereocenters. The number of aromatic nitrogens is 3. The number of fused-ring (bicyclic) bond motifs is 1. The summed E-state index contributed by atoms with van der Waals surface area (Å²) >= 11 is 52.5. The first-order valence-electron chi connectivity index (χ1n) is 31.2. The van der Waals surface area contributed by atoms with Crippen LogP contribution in [0.3, 0.4) is 0 Å². The van der Waals surface area contributed by atoms with Crippen molar-refractivity contribution in [3.63, 3.8) is 0 Å². The number of nitro groups is 1. The number of benzene rings is 2. The molecule has 0 atom stereocenters. The van der Waals surface area contributed by atoms with Crippen molar-refractivity contribution in [3.05, 3.63) is 75.9 Å². The topological polar surface area (TPSA) is 115 Å². The van der Waals surface area contributed by atoms with Crippen molar-refractivity contribution in [1.29, 1.82) is 0 Å². The van der Waals surface area contributed by atoms with E-state index < -0.39 is 16.4 Å². The molecule has 0 fully saturated rings. The van der Waals surface area contributed by atoms with Crippen LogP contribution in [0.25, 0.3) is 16.7 Å². The molecule has 76 heavy (non-hydrogen) atoms. The molecule has 0 aliphatic carbocycles. The average molecular weight is 2130 g/mol. The van der Waals surface area contributed by atoms with E-state index in [-0.39, 0.29) is 71.1 Å². The number of amides is 1. The number of hydrogen-bond acceptors (Lipinski definition) is 6. The summed E-state index contributed by atoms with van der Waals surface area (Å²) in [7, 11) is 0. The Balaban J connectivity index is -0.0000000348. The van der Waals surface area contributed by atoms with Gasteiger partial charge in [-0.3, -0.25) is 19.5 Å². The van der Waals surface area contributed by atoms with Crippen molar-refractivity contribution in [2.24, 2.45) is 0 Å². The Morgan fingerprint density at radius 1 is 0.566 bits per heavy atom. The second-order valence-electron chi connectivity index (χ2n) is 7.53. The van der Waals surface area contributed by atoms with Crippen molar-refractivity contribution in [2.45, 2.75) is 27.2 Å². The third-order valence-electron chi connectivity index (χ3n) is 5.24. The van der Waals surface area contributed by atoms with Crippen LogP contribution in [0.4, 0.5) is 27.4 Å². The Labute approximate surface area is 1460 Å². The molecule has 9 nitrogen and oxygen atoms in total. The van der Waals surface area contributed by atoms with Gasteiger partial charge in [0.15, 0.2) is 5.82 Å². The maximum atomic E-state index is 13.9. The minimum absolute atomic E-state index is 0. The van der Waals surface area contributed by atoms with Crippen molar-refractivity contribution >= 4 is 1370 Å². The molecular weight excluding hydrogens is 2110 g/mol. The molecule has 2 aromatic heterocycles. The zero-order chi connectivity index (χ0) is 65.7. The number of para-hydroxylation sites is 1. The fourth-order valence-electron chi connectivity index (χ4n) is 3.52. The van der Waals surface area contributed by atoms with Gasteiger partial charge in [-0.15, -0.1) is 0 Å². The van der Waals surface area contributed by atoms with Crippen LogP contribution in [0.1, 0.15) is 25.9 Å². The fraction of sp³-hybridized carbons (Fsp3) is 0.174. The van der Waals surface area contributed by atoms with E-state index in [1.165, 1.54) is 1330 Å². The molecule has 0 bridgehead atoms. The third-order valence-corrected chi connectivity index (χ3v) is 5.24. The van der Waals surface area contributed by atoms with E-state index in [1.807, 2.05) is 42.0 Å². The summed E-state index contributed by atoms with van der Waals surface area (Å²) in [6.45, 7) is 5.34. The maximum absolute atomic E-state index is 13.9. The first-order chi connectivity index (χ1) is 36.8. The number of rotatable bonds is 6. The first kappa shape index (κ1) is 187. The number of halogens is 1. The summed E-state index contributed by atoms with van der Waals surface area (Å²) in [5, 5.41) is 17.9. The van der Waals surface area contributed by atoms with E-state index in [9.17, 15) is 19.3 Å². The van der Waals surface area contributed by atoms with E-state index in [0.29, 0.717) is 22.8 Å².